The molecule has 25 heavy (non-hydrogen) atoms. The summed E-state index contributed by atoms with van der Waals surface area (Å²) in [6.07, 6.45) is 8.71. The molecule has 0 N–H and O–H groups in total. The second-order valence-electron chi connectivity index (χ2n) is 6.95. The average molecular weight is 428 g/mol. The first-order chi connectivity index (χ1) is 11.9. The third-order valence-electron chi connectivity index (χ3n) is 5.00. The predicted molar refractivity (Wildman–Crippen MR) is 108 cm³/mol. The standard InChI is InChI=1S/C20H30BrNO2S/c1-4-6-8-17(5-2)15-19(21)20-9-7-14-22(20)25(23,24)18-12-10-16(3)11-13-18/h10-13,15,17,20H,4-9,14H2,1-3H3/b19-15-. The quantitative estimate of drug-likeness (QED) is 0.537. The second-order valence-corrected chi connectivity index (χ2v) is 9.76. The molecule has 0 aliphatic carbocycles. The minimum absolute atomic E-state index is 0.0676. The van der Waals surface area contributed by atoms with Crippen LogP contribution in [0.4, 0.5) is 0 Å². The molecule has 0 aromatic heterocycles. The monoisotopic (exact) mass is 427 g/mol. The normalized spacial score (nSPS) is 20.8. The molecule has 1 saturated heterocycles. The molecule has 3 nitrogen and oxygen atoms in total. The fraction of sp³-hybridized carbons (Fsp3) is 0.600. The zero-order valence-corrected chi connectivity index (χ0v) is 17.9. The molecule has 1 aliphatic heterocycles. The number of hydrogen-bond acceptors (Lipinski definition) is 2. The van der Waals surface area contributed by atoms with Gasteiger partial charge in [-0.1, -0.05) is 66.4 Å². The van der Waals surface area contributed by atoms with Gasteiger partial charge in [0.25, 0.3) is 0 Å². The molecule has 5 heteroatoms. The minimum atomic E-state index is -3.45. The van der Waals surface area contributed by atoms with E-state index in [1.54, 1.807) is 16.4 Å². The van der Waals surface area contributed by atoms with E-state index in [2.05, 4.69) is 35.9 Å². The molecule has 2 rings (SSSR count). The number of nitrogens with zero attached hydrogens (tertiary/aromatic N) is 1. The zero-order chi connectivity index (χ0) is 18.4. The molecule has 1 aromatic carbocycles. The van der Waals surface area contributed by atoms with Gasteiger partial charge in [0.2, 0.25) is 10.0 Å². The number of rotatable bonds is 8. The summed E-state index contributed by atoms with van der Waals surface area (Å²) in [6.45, 7) is 6.97. The van der Waals surface area contributed by atoms with Gasteiger partial charge < -0.3 is 0 Å². The van der Waals surface area contributed by atoms with Crippen LogP contribution in [0.1, 0.15) is 57.9 Å². The van der Waals surface area contributed by atoms with Gasteiger partial charge in [-0.15, -0.1) is 0 Å². The van der Waals surface area contributed by atoms with Gasteiger partial charge in [0.05, 0.1) is 10.9 Å². The van der Waals surface area contributed by atoms with Gasteiger partial charge in [-0.05, 0) is 50.7 Å². The van der Waals surface area contributed by atoms with Crippen LogP contribution in [-0.2, 0) is 10.0 Å². The van der Waals surface area contributed by atoms with E-state index in [-0.39, 0.29) is 6.04 Å². The van der Waals surface area contributed by atoms with Crippen molar-refractivity contribution in [2.75, 3.05) is 6.54 Å². The summed E-state index contributed by atoms with van der Waals surface area (Å²) in [5.74, 6) is 0.513. The van der Waals surface area contributed by atoms with Crippen molar-refractivity contribution in [3.05, 3.63) is 40.4 Å². The number of aryl methyl sites for hydroxylation is 1. The molecule has 1 aliphatic rings. The summed E-state index contributed by atoms with van der Waals surface area (Å²) >= 11 is 3.71. The van der Waals surface area contributed by atoms with Crippen LogP contribution in [-0.4, -0.2) is 25.3 Å². The molecule has 1 fully saturated rings. The number of benzene rings is 1. The van der Waals surface area contributed by atoms with Crippen molar-refractivity contribution in [1.82, 2.24) is 4.31 Å². The highest BCUT2D eigenvalue weighted by molar-refractivity contribution is 9.11. The molecule has 0 bridgehead atoms. The van der Waals surface area contributed by atoms with Crippen LogP contribution in [0.25, 0.3) is 0 Å². The number of hydrogen-bond donors (Lipinski definition) is 0. The molecule has 2 atom stereocenters. The predicted octanol–water partition coefficient (Wildman–Crippen LogP) is 5.64. The average Bonchev–Trinajstić information content (AvgIpc) is 3.09. The molecular formula is C20H30BrNO2S. The van der Waals surface area contributed by atoms with Crippen molar-refractivity contribution in [3.8, 4) is 0 Å². The molecule has 0 radical (unpaired) electrons. The summed E-state index contributed by atoms with van der Waals surface area (Å²) < 4.78 is 28.8. The van der Waals surface area contributed by atoms with Gasteiger partial charge in [0.1, 0.15) is 0 Å². The maximum atomic E-state index is 13.1. The molecule has 1 heterocycles. The summed E-state index contributed by atoms with van der Waals surface area (Å²) in [5, 5.41) is 0. The molecule has 2 unspecified atom stereocenters. The topological polar surface area (TPSA) is 37.4 Å². The van der Waals surface area contributed by atoms with Crippen molar-refractivity contribution in [2.45, 2.75) is 70.2 Å². The summed E-state index contributed by atoms with van der Waals surface area (Å²) in [4.78, 5) is 0.392. The number of allylic oxidation sites excluding steroid dienone is 1. The van der Waals surface area contributed by atoms with Crippen LogP contribution in [0.5, 0.6) is 0 Å². The molecule has 0 amide bonds. The van der Waals surface area contributed by atoms with Crippen molar-refractivity contribution < 1.29 is 8.42 Å². The van der Waals surface area contributed by atoms with Gasteiger partial charge in [-0.25, -0.2) is 8.42 Å². The Morgan fingerprint density at radius 3 is 2.60 bits per heavy atom. The highest BCUT2D eigenvalue weighted by Crippen LogP contribution is 2.34. The van der Waals surface area contributed by atoms with Crippen molar-refractivity contribution in [3.63, 3.8) is 0 Å². The lowest BCUT2D eigenvalue weighted by Gasteiger charge is -2.25. The van der Waals surface area contributed by atoms with E-state index < -0.39 is 10.0 Å². The van der Waals surface area contributed by atoms with E-state index in [4.69, 9.17) is 0 Å². The Bertz CT molecular complexity index is 682. The first-order valence-corrected chi connectivity index (χ1v) is 11.6. The first-order valence-electron chi connectivity index (χ1n) is 9.35. The largest absolute Gasteiger partial charge is 0.243 e. The lowest BCUT2D eigenvalue weighted by molar-refractivity contribution is 0.427. The highest BCUT2D eigenvalue weighted by atomic mass is 79.9. The Morgan fingerprint density at radius 1 is 1.32 bits per heavy atom. The van der Waals surface area contributed by atoms with E-state index >= 15 is 0 Å². The van der Waals surface area contributed by atoms with Crippen LogP contribution < -0.4 is 0 Å². The smallest absolute Gasteiger partial charge is 0.207 e. The SMILES string of the molecule is CCCCC(/C=C(\Br)C1CCCN1S(=O)(=O)c1ccc(C)cc1)CC. The van der Waals surface area contributed by atoms with Gasteiger partial charge in [0.15, 0.2) is 0 Å². The van der Waals surface area contributed by atoms with Gasteiger partial charge in [-0.3, -0.25) is 0 Å². The second kappa shape index (κ2) is 9.33. The van der Waals surface area contributed by atoms with Crippen LogP contribution in [0, 0.1) is 12.8 Å². The van der Waals surface area contributed by atoms with Gasteiger partial charge >= 0.3 is 0 Å². The number of sulfonamides is 1. The van der Waals surface area contributed by atoms with E-state index in [9.17, 15) is 8.42 Å². The number of halogens is 1. The van der Waals surface area contributed by atoms with E-state index in [0.29, 0.717) is 17.4 Å². The van der Waals surface area contributed by atoms with Crippen molar-refractivity contribution >= 4 is 26.0 Å². The maximum absolute atomic E-state index is 13.1. The molecule has 0 spiro atoms. The summed E-state index contributed by atoms with van der Waals surface area (Å²) in [5.41, 5.74) is 1.07. The Labute approximate surface area is 161 Å². The van der Waals surface area contributed by atoms with Crippen LogP contribution in [0.15, 0.2) is 39.7 Å². The molecule has 0 saturated carbocycles. The van der Waals surface area contributed by atoms with Crippen LogP contribution >= 0.6 is 15.9 Å². The molecular weight excluding hydrogens is 398 g/mol. The third-order valence-corrected chi connectivity index (χ3v) is 7.71. The Kier molecular flexibility index (Phi) is 7.71. The van der Waals surface area contributed by atoms with Gasteiger partial charge in [0, 0.05) is 11.0 Å². The maximum Gasteiger partial charge on any atom is 0.243 e. The summed E-state index contributed by atoms with van der Waals surface area (Å²) in [6, 6.07) is 7.09. The minimum Gasteiger partial charge on any atom is -0.207 e. The summed E-state index contributed by atoms with van der Waals surface area (Å²) in [7, 11) is -3.45. The van der Waals surface area contributed by atoms with E-state index in [0.717, 1.165) is 29.3 Å². The molecule has 140 valence electrons. The Balaban J connectivity index is 2.22. The van der Waals surface area contributed by atoms with Crippen molar-refractivity contribution in [1.29, 1.82) is 0 Å². The Hall–Kier alpha value is -0.650. The highest BCUT2D eigenvalue weighted by Gasteiger charge is 2.36. The Morgan fingerprint density at radius 2 is 2.00 bits per heavy atom. The lowest BCUT2D eigenvalue weighted by atomic mass is 9.98. The van der Waals surface area contributed by atoms with Gasteiger partial charge in [-0.2, -0.15) is 4.31 Å². The fourth-order valence-corrected chi connectivity index (χ4v) is 6.02. The van der Waals surface area contributed by atoms with Crippen LogP contribution in [0.2, 0.25) is 0 Å². The van der Waals surface area contributed by atoms with E-state index in [1.807, 2.05) is 19.1 Å². The van der Waals surface area contributed by atoms with Crippen LogP contribution in [0.3, 0.4) is 0 Å². The molecule has 1 aromatic rings. The number of unbranched alkanes of at least 4 members (excludes halogenated alkanes) is 1. The first kappa shape index (κ1) is 20.7. The van der Waals surface area contributed by atoms with E-state index in [1.165, 1.54) is 19.3 Å². The third kappa shape index (κ3) is 5.18. The van der Waals surface area contributed by atoms with Crippen molar-refractivity contribution in [2.24, 2.45) is 5.92 Å². The fourth-order valence-electron chi connectivity index (χ4n) is 3.36. The lowest BCUT2D eigenvalue weighted by Crippen LogP contribution is -2.35. The zero-order valence-electron chi connectivity index (χ0n) is 15.5.